The lowest BCUT2D eigenvalue weighted by Gasteiger charge is -2.20. The first-order chi connectivity index (χ1) is 9.25. The molecule has 1 saturated heterocycles. The van der Waals surface area contributed by atoms with Crippen LogP contribution in [0, 0.1) is 5.92 Å². The Morgan fingerprint density at radius 3 is 3.11 bits per heavy atom. The molecular formula is C15H18N2O2. The summed E-state index contributed by atoms with van der Waals surface area (Å²) in [7, 11) is 1.86. The number of hydrogen-bond donors (Lipinski definition) is 1. The van der Waals surface area contributed by atoms with Gasteiger partial charge in [-0.1, -0.05) is 18.2 Å². The maximum atomic E-state index is 12.5. The Labute approximate surface area is 112 Å². The fraction of sp³-hybridized carbons (Fsp3) is 0.400. The van der Waals surface area contributed by atoms with Crippen LogP contribution in [0.15, 0.2) is 34.9 Å². The molecule has 1 aromatic carbocycles. The number of fused-ring (bicyclic) bond motifs is 1. The molecule has 1 aliphatic heterocycles. The van der Waals surface area contributed by atoms with Gasteiger partial charge in [-0.25, -0.2) is 0 Å². The zero-order valence-electron chi connectivity index (χ0n) is 11.1. The van der Waals surface area contributed by atoms with E-state index in [2.05, 4.69) is 5.32 Å². The van der Waals surface area contributed by atoms with E-state index in [-0.39, 0.29) is 5.91 Å². The number of carbonyl (C=O) groups is 1. The topological polar surface area (TPSA) is 45.5 Å². The van der Waals surface area contributed by atoms with Gasteiger partial charge in [0.25, 0.3) is 5.91 Å². The Morgan fingerprint density at radius 1 is 1.47 bits per heavy atom. The average molecular weight is 258 g/mol. The summed E-state index contributed by atoms with van der Waals surface area (Å²) in [6, 6.07) is 7.65. The molecule has 1 atom stereocenters. The molecule has 3 rings (SSSR count). The molecule has 0 aliphatic carbocycles. The number of benzene rings is 1. The minimum Gasteiger partial charge on any atom is -0.463 e. The van der Waals surface area contributed by atoms with Crippen molar-refractivity contribution in [1.29, 1.82) is 0 Å². The van der Waals surface area contributed by atoms with Crippen molar-refractivity contribution < 1.29 is 9.21 Å². The Hall–Kier alpha value is -1.81. The summed E-state index contributed by atoms with van der Waals surface area (Å²) in [5.41, 5.74) is 1.42. The van der Waals surface area contributed by atoms with Gasteiger partial charge in [-0.2, -0.15) is 0 Å². The van der Waals surface area contributed by atoms with Crippen LogP contribution < -0.4 is 5.32 Å². The van der Waals surface area contributed by atoms with Gasteiger partial charge in [-0.3, -0.25) is 4.79 Å². The van der Waals surface area contributed by atoms with Crippen molar-refractivity contribution in [3.8, 4) is 0 Å². The SMILES string of the molecule is CN(CC1CCNC1)C(=O)c1coc2ccccc12. The molecule has 19 heavy (non-hydrogen) atoms. The lowest BCUT2D eigenvalue weighted by Crippen LogP contribution is -2.32. The van der Waals surface area contributed by atoms with Crippen LogP contribution in [-0.2, 0) is 0 Å². The number of nitrogens with zero attached hydrogens (tertiary/aromatic N) is 1. The number of hydrogen-bond acceptors (Lipinski definition) is 3. The summed E-state index contributed by atoms with van der Waals surface area (Å²) in [5, 5.41) is 4.22. The average Bonchev–Trinajstić information content (AvgIpc) is 3.06. The van der Waals surface area contributed by atoms with E-state index >= 15 is 0 Å². The zero-order chi connectivity index (χ0) is 13.2. The van der Waals surface area contributed by atoms with Gasteiger partial charge < -0.3 is 14.6 Å². The zero-order valence-corrected chi connectivity index (χ0v) is 11.1. The first-order valence-electron chi connectivity index (χ1n) is 6.68. The van der Waals surface area contributed by atoms with E-state index in [0.29, 0.717) is 11.5 Å². The van der Waals surface area contributed by atoms with Gasteiger partial charge in [0.15, 0.2) is 0 Å². The molecule has 0 saturated carbocycles. The van der Waals surface area contributed by atoms with Crippen LogP contribution in [0.2, 0.25) is 0 Å². The number of carbonyl (C=O) groups excluding carboxylic acids is 1. The van der Waals surface area contributed by atoms with Gasteiger partial charge in [0.05, 0.1) is 5.56 Å². The second-order valence-corrected chi connectivity index (χ2v) is 5.19. The first-order valence-corrected chi connectivity index (χ1v) is 6.68. The summed E-state index contributed by atoms with van der Waals surface area (Å²) in [4.78, 5) is 14.3. The maximum Gasteiger partial charge on any atom is 0.257 e. The van der Waals surface area contributed by atoms with Crippen molar-refractivity contribution in [1.82, 2.24) is 10.2 Å². The van der Waals surface area contributed by atoms with Crippen molar-refractivity contribution >= 4 is 16.9 Å². The quantitative estimate of drug-likeness (QED) is 0.917. The molecule has 1 aromatic heterocycles. The van der Waals surface area contributed by atoms with E-state index in [1.807, 2.05) is 31.3 Å². The molecule has 1 unspecified atom stereocenters. The third-order valence-electron chi connectivity index (χ3n) is 3.75. The highest BCUT2D eigenvalue weighted by atomic mass is 16.3. The Morgan fingerprint density at radius 2 is 2.32 bits per heavy atom. The number of para-hydroxylation sites is 1. The Kier molecular flexibility index (Phi) is 3.25. The van der Waals surface area contributed by atoms with Gasteiger partial charge in [0.1, 0.15) is 11.8 Å². The molecule has 1 fully saturated rings. The maximum absolute atomic E-state index is 12.5. The molecule has 2 heterocycles. The normalized spacial score (nSPS) is 18.9. The summed E-state index contributed by atoms with van der Waals surface area (Å²) < 4.78 is 5.43. The van der Waals surface area contributed by atoms with Gasteiger partial charge in [-0.15, -0.1) is 0 Å². The van der Waals surface area contributed by atoms with Crippen LogP contribution in [-0.4, -0.2) is 37.5 Å². The lowest BCUT2D eigenvalue weighted by molar-refractivity contribution is 0.0777. The molecule has 1 aliphatic rings. The standard InChI is InChI=1S/C15H18N2O2/c1-17(9-11-6-7-16-8-11)15(18)13-10-19-14-5-3-2-4-12(13)14/h2-5,10-11,16H,6-9H2,1H3. The van der Waals surface area contributed by atoms with Crippen molar-refractivity contribution in [2.24, 2.45) is 5.92 Å². The first kappa shape index (κ1) is 12.2. The Bertz CT molecular complexity index is 585. The number of rotatable bonds is 3. The van der Waals surface area contributed by atoms with Gasteiger partial charge >= 0.3 is 0 Å². The molecule has 0 spiro atoms. The molecule has 4 nitrogen and oxygen atoms in total. The lowest BCUT2D eigenvalue weighted by atomic mass is 10.1. The van der Waals surface area contributed by atoms with Gasteiger partial charge in [0.2, 0.25) is 0 Å². The number of furan rings is 1. The fourth-order valence-corrected chi connectivity index (χ4v) is 2.69. The highest BCUT2D eigenvalue weighted by Crippen LogP contribution is 2.22. The minimum atomic E-state index is 0.0388. The van der Waals surface area contributed by atoms with Crippen molar-refractivity contribution in [3.05, 3.63) is 36.1 Å². The third kappa shape index (κ3) is 2.36. The van der Waals surface area contributed by atoms with Crippen LogP contribution in [0.25, 0.3) is 11.0 Å². The predicted octanol–water partition coefficient (Wildman–Crippen LogP) is 2.11. The van der Waals surface area contributed by atoms with Crippen molar-refractivity contribution in [3.63, 3.8) is 0 Å². The highest BCUT2D eigenvalue weighted by Gasteiger charge is 2.22. The van der Waals surface area contributed by atoms with Gasteiger partial charge in [0, 0.05) is 19.0 Å². The summed E-state index contributed by atoms with van der Waals surface area (Å²) in [5.74, 6) is 0.601. The van der Waals surface area contributed by atoms with Crippen molar-refractivity contribution in [2.75, 3.05) is 26.7 Å². The molecule has 4 heteroatoms. The Balaban J connectivity index is 1.78. The fourth-order valence-electron chi connectivity index (χ4n) is 2.69. The second kappa shape index (κ2) is 5.05. The van der Waals surface area contributed by atoms with Crippen LogP contribution >= 0.6 is 0 Å². The molecule has 100 valence electrons. The largest absolute Gasteiger partial charge is 0.463 e. The third-order valence-corrected chi connectivity index (χ3v) is 3.75. The van der Waals surface area contributed by atoms with Gasteiger partial charge in [-0.05, 0) is 31.5 Å². The summed E-state index contributed by atoms with van der Waals surface area (Å²) in [6.45, 7) is 2.86. The number of amides is 1. The van der Waals surface area contributed by atoms with Crippen LogP contribution in [0.1, 0.15) is 16.8 Å². The van der Waals surface area contributed by atoms with E-state index in [4.69, 9.17) is 4.42 Å². The second-order valence-electron chi connectivity index (χ2n) is 5.19. The molecule has 0 radical (unpaired) electrons. The van der Waals surface area contributed by atoms with E-state index in [1.54, 1.807) is 11.2 Å². The van der Waals surface area contributed by atoms with E-state index in [1.165, 1.54) is 0 Å². The number of nitrogens with one attached hydrogen (secondary N) is 1. The molecule has 2 aromatic rings. The van der Waals surface area contributed by atoms with E-state index < -0.39 is 0 Å². The molecule has 1 N–H and O–H groups in total. The van der Waals surface area contributed by atoms with Crippen LogP contribution in [0.3, 0.4) is 0 Å². The highest BCUT2D eigenvalue weighted by molar-refractivity contribution is 6.05. The predicted molar refractivity (Wildman–Crippen MR) is 74.2 cm³/mol. The smallest absolute Gasteiger partial charge is 0.257 e. The van der Waals surface area contributed by atoms with E-state index in [0.717, 1.165) is 37.0 Å². The molecular weight excluding hydrogens is 240 g/mol. The van der Waals surface area contributed by atoms with E-state index in [9.17, 15) is 4.79 Å². The molecule has 0 bridgehead atoms. The van der Waals surface area contributed by atoms with Crippen LogP contribution in [0.5, 0.6) is 0 Å². The van der Waals surface area contributed by atoms with Crippen molar-refractivity contribution in [2.45, 2.75) is 6.42 Å². The summed E-state index contributed by atoms with van der Waals surface area (Å²) >= 11 is 0. The molecule has 1 amide bonds. The minimum absolute atomic E-state index is 0.0388. The van der Waals surface area contributed by atoms with Crippen LogP contribution in [0.4, 0.5) is 0 Å². The monoisotopic (exact) mass is 258 g/mol. The summed E-state index contributed by atoms with van der Waals surface area (Å²) in [6.07, 6.45) is 2.71.